The summed E-state index contributed by atoms with van der Waals surface area (Å²) in [5.74, 6) is 1.21. The van der Waals surface area contributed by atoms with Gasteiger partial charge in [0.1, 0.15) is 23.0 Å². The number of rotatable bonds is 7. The minimum Gasteiger partial charge on any atom is -0.493 e. The number of morpholine rings is 1. The van der Waals surface area contributed by atoms with Gasteiger partial charge < -0.3 is 23.9 Å². The summed E-state index contributed by atoms with van der Waals surface area (Å²) in [6, 6.07) is 3.61. The number of ether oxygens (including phenoxy) is 4. The zero-order chi connectivity index (χ0) is 19.2. The second-order valence-corrected chi connectivity index (χ2v) is 7.13. The second-order valence-electron chi connectivity index (χ2n) is 7.13. The van der Waals surface area contributed by atoms with E-state index in [-0.39, 0.29) is 11.7 Å². The van der Waals surface area contributed by atoms with Crippen LogP contribution in [0.2, 0.25) is 0 Å². The minimum absolute atomic E-state index is 0.0353. The number of aromatic amines is 1. The maximum Gasteiger partial charge on any atom is 0.262 e. The molecule has 0 aliphatic carbocycles. The number of nitrogens with zero attached hydrogens (tertiary/aromatic N) is 2. The first-order chi connectivity index (χ1) is 13.8. The summed E-state index contributed by atoms with van der Waals surface area (Å²) in [6.45, 7) is 6.50. The topological polar surface area (TPSA) is 85.9 Å². The largest absolute Gasteiger partial charge is 0.493 e. The molecule has 2 aliphatic heterocycles. The van der Waals surface area contributed by atoms with Crippen LogP contribution in [0.25, 0.3) is 10.9 Å². The van der Waals surface area contributed by atoms with Gasteiger partial charge in [0.2, 0.25) is 0 Å². The van der Waals surface area contributed by atoms with E-state index in [0.717, 1.165) is 52.1 Å². The average molecular weight is 389 g/mol. The molecular weight excluding hydrogens is 362 g/mol. The molecule has 1 aromatic heterocycles. The lowest BCUT2D eigenvalue weighted by atomic mass is 10.1. The van der Waals surface area contributed by atoms with Crippen molar-refractivity contribution in [3.8, 4) is 11.5 Å². The number of nitrogens with one attached hydrogen (secondary N) is 1. The molecule has 0 unspecified atom stereocenters. The van der Waals surface area contributed by atoms with Crippen LogP contribution in [0.15, 0.2) is 23.3 Å². The van der Waals surface area contributed by atoms with E-state index in [0.29, 0.717) is 42.2 Å². The molecule has 2 aliphatic rings. The van der Waals surface area contributed by atoms with Crippen LogP contribution in [-0.2, 0) is 9.47 Å². The molecule has 2 fully saturated rings. The predicted molar refractivity (Wildman–Crippen MR) is 104 cm³/mol. The van der Waals surface area contributed by atoms with Gasteiger partial charge in [-0.15, -0.1) is 0 Å². The van der Waals surface area contributed by atoms with Crippen molar-refractivity contribution in [1.82, 2.24) is 14.9 Å². The van der Waals surface area contributed by atoms with Gasteiger partial charge in [-0.1, -0.05) is 0 Å². The lowest BCUT2D eigenvalue weighted by Crippen LogP contribution is -2.37. The number of benzene rings is 1. The predicted octanol–water partition coefficient (Wildman–Crippen LogP) is 1.58. The third-order valence-electron chi connectivity index (χ3n) is 5.13. The van der Waals surface area contributed by atoms with E-state index < -0.39 is 0 Å². The summed E-state index contributed by atoms with van der Waals surface area (Å²) >= 11 is 0. The summed E-state index contributed by atoms with van der Waals surface area (Å²) < 4.78 is 22.9. The van der Waals surface area contributed by atoms with Gasteiger partial charge in [0.05, 0.1) is 44.9 Å². The van der Waals surface area contributed by atoms with Crippen molar-refractivity contribution >= 4 is 10.9 Å². The van der Waals surface area contributed by atoms with E-state index in [9.17, 15) is 4.79 Å². The summed E-state index contributed by atoms with van der Waals surface area (Å²) in [4.78, 5) is 21.6. The highest BCUT2D eigenvalue weighted by Gasteiger charge is 2.19. The van der Waals surface area contributed by atoms with Crippen molar-refractivity contribution in [2.24, 2.45) is 0 Å². The molecule has 2 aromatic rings. The van der Waals surface area contributed by atoms with Crippen molar-refractivity contribution in [2.45, 2.75) is 25.4 Å². The van der Waals surface area contributed by atoms with Crippen LogP contribution < -0.4 is 15.0 Å². The molecule has 2 saturated heterocycles. The monoisotopic (exact) mass is 389 g/mol. The van der Waals surface area contributed by atoms with E-state index in [4.69, 9.17) is 18.9 Å². The molecule has 28 heavy (non-hydrogen) atoms. The van der Waals surface area contributed by atoms with Crippen LogP contribution in [0.1, 0.15) is 19.3 Å². The highest BCUT2D eigenvalue weighted by atomic mass is 16.5. The number of aromatic nitrogens is 2. The SMILES string of the molecule is O=c1[nH]cnc2cc(OCCCN3CCOCC3)cc(OC3CCOCC3)c12. The van der Waals surface area contributed by atoms with Gasteiger partial charge in [-0.05, 0) is 6.42 Å². The maximum atomic E-state index is 12.3. The Morgan fingerprint density at radius 2 is 1.93 bits per heavy atom. The van der Waals surface area contributed by atoms with E-state index in [1.165, 1.54) is 6.33 Å². The van der Waals surface area contributed by atoms with Gasteiger partial charge in [-0.2, -0.15) is 0 Å². The van der Waals surface area contributed by atoms with Crippen LogP contribution in [0.4, 0.5) is 0 Å². The standard InChI is InChI=1S/C20H27N3O5/c24-20-19-17(21-14-22-20)12-16(13-18(19)28-15-2-8-25-9-3-15)27-7-1-4-23-5-10-26-11-6-23/h12-15H,1-11H2,(H,21,22,24). The number of H-pyrrole nitrogens is 1. The Morgan fingerprint density at radius 3 is 2.75 bits per heavy atom. The van der Waals surface area contributed by atoms with Gasteiger partial charge in [0, 0.05) is 44.6 Å². The van der Waals surface area contributed by atoms with Gasteiger partial charge in [0.25, 0.3) is 5.56 Å². The maximum absolute atomic E-state index is 12.3. The lowest BCUT2D eigenvalue weighted by molar-refractivity contribution is 0.0260. The fourth-order valence-corrected chi connectivity index (χ4v) is 3.59. The van der Waals surface area contributed by atoms with Crippen LogP contribution in [0.5, 0.6) is 11.5 Å². The summed E-state index contributed by atoms with van der Waals surface area (Å²) in [5, 5.41) is 0.467. The molecule has 1 aromatic carbocycles. The molecular formula is C20H27N3O5. The molecule has 0 bridgehead atoms. The Labute approximate surface area is 163 Å². The van der Waals surface area contributed by atoms with Crippen LogP contribution in [0.3, 0.4) is 0 Å². The van der Waals surface area contributed by atoms with Crippen LogP contribution >= 0.6 is 0 Å². The highest BCUT2D eigenvalue weighted by Crippen LogP contribution is 2.30. The van der Waals surface area contributed by atoms with E-state index in [1.807, 2.05) is 6.07 Å². The quantitative estimate of drug-likeness (QED) is 0.720. The zero-order valence-electron chi connectivity index (χ0n) is 16.0. The lowest BCUT2D eigenvalue weighted by Gasteiger charge is -2.26. The van der Waals surface area contributed by atoms with Crippen molar-refractivity contribution in [3.63, 3.8) is 0 Å². The third-order valence-corrected chi connectivity index (χ3v) is 5.13. The fourth-order valence-electron chi connectivity index (χ4n) is 3.59. The number of hydrogen-bond donors (Lipinski definition) is 1. The molecule has 3 heterocycles. The molecule has 8 heteroatoms. The Balaban J connectivity index is 1.44. The molecule has 0 radical (unpaired) electrons. The second kappa shape index (κ2) is 9.36. The summed E-state index contributed by atoms with van der Waals surface area (Å²) in [5.41, 5.74) is 0.377. The molecule has 1 N–H and O–H groups in total. The Morgan fingerprint density at radius 1 is 1.14 bits per heavy atom. The molecule has 0 amide bonds. The number of hydrogen-bond acceptors (Lipinski definition) is 7. The molecule has 0 saturated carbocycles. The molecule has 8 nitrogen and oxygen atoms in total. The van der Waals surface area contributed by atoms with Crippen molar-refractivity contribution in [3.05, 3.63) is 28.8 Å². The van der Waals surface area contributed by atoms with Gasteiger partial charge >= 0.3 is 0 Å². The Kier molecular flexibility index (Phi) is 6.41. The normalized spacial score (nSPS) is 19.0. The molecule has 152 valence electrons. The van der Waals surface area contributed by atoms with Crippen LogP contribution in [-0.4, -0.2) is 73.6 Å². The third kappa shape index (κ3) is 4.81. The van der Waals surface area contributed by atoms with E-state index in [2.05, 4.69) is 14.9 Å². The minimum atomic E-state index is -0.203. The van der Waals surface area contributed by atoms with E-state index >= 15 is 0 Å². The van der Waals surface area contributed by atoms with Gasteiger partial charge in [-0.25, -0.2) is 4.98 Å². The molecule has 4 rings (SSSR count). The first-order valence-corrected chi connectivity index (χ1v) is 9.98. The van der Waals surface area contributed by atoms with E-state index in [1.54, 1.807) is 6.07 Å². The Bertz CT molecular complexity index is 828. The molecule has 0 atom stereocenters. The van der Waals surface area contributed by atoms with Gasteiger partial charge in [0.15, 0.2) is 0 Å². The Hall–Kier alpha value is -2.16. The summed E-state index contributed by atoms with van der Waals surface area (Å²) in [7, 11) is 0. The number of fused-ring (bicyclic) bond motifs is 1. The van der Waals surface area contributed by atoms with Crippen molar-refractivity contribution in [2.75, 3.05) is 52.7 Å². The average Bonchev–Trinajstić information content (AvgIpc) is 2.73. The van der Waals surface area contributed by atoms with Crippen molar-refractivity contribution in [1.29, 1.82) is 0 Å². The summed E-state index contributed by atoms with van der Waals surface area (Å²) in [6.07, 6.45) is 3.99. The zero-order valence-corrected chi connectivity index (χ0v) is 16.0. The van der Waals surface area contributed by atoms with Gasteiger partial charge in [-0.3, -0.25) is 9.69 Å². The fraction of sp³-hybridized carbons (Fsp3) is 0.600. The first kappa shape index (κ1) is 19.2. The first-order valence-electron chi connectivity index (χ1n) is 9.98. The highest BCUT2D eigenvalue weighted by molar-refractivity contribution is 5.85. The smallest absolute Gasteiger partial charge is 0.262 e. The van der Waals surface area contributed by atoms with Crippen LogP contribution in [0, 0.1) is 0 Å². The van der Waals surface area contributed by atoms with Crippen molar-refractivity contribution < 1.29 is 18.9 Å². The molecule has 0 spiro atoms.